The normalized spacial score (nSPS) is 13.1. The van der Waals surface area contributed by atoms with Gasteiger partial charge in [0, 0.05) is 60.6 Å². The summed E-state index contributed by atoms with van der Waals surface area (Å²) in [5, 5.41) is 10.7. The Bertz CT molecular complexity index is 1810. The lowest BCUT2D eigenvalue weighted by Gasteiger charge is -2.29. The van der Waals surface area contributed by atoms with Crippen molar-refractivity contribution in [2.45, 2.75) is 13.8 Å². The molecule has 0 aliphatic carbocycles. The molecule has 11 nitrogen and oxygen atoms in total. The van der Waals surface area contributed by atoms with Crippen LogP contribution in [-0.2, 0) is 4.74 Å². The lowest BCUT2D eigenvalue weighted by molar-refractivity contribution is 0.0827. The number of aryl methyl sites for hydroxylation is 2. The van der Waals surface area contributed by atoms with Crippen LogP contribution < -0.4 is 15.5 Å². The third kappa shape index (κ3) is 5.95. The van der Waals surface area contributed by atoms with Gasteiger partial charge in [-0.25, -0.2) is 14.8 Å². The number of hydrogen-bond donors (Lipinski definition) is 2. The summed E-state index contributed by atoms with van der Waals surface area (Å²) in [4.78, 5) is 38.5. The van der Waals surface area contributed by atoms with E-state index in [9.17, 15) is 9.59 Å². The van der Waals surface area contributed by atoms with Crippen LogP contribution in [0.25, 0.3) is 33.4 Å². The Morgan fingerprint density at radius 2 is 1.48 bits per heavy atom. The molecule has 1 aliphatic rings. The lowest BCUT2D eigenvalue weighted by atomic mass is 10.0. The second kappa shape index (κ2) is 12.1. The zero-order valence-electron chi connectivity index (χ0n) is 25.0. The Morgan fingerprint density at radius 1 is 0.841 bits per heavy atom. The molecule has 3 amide bonds. The summed E-state index contributed by atoms with van der Waals surface area (Å²) in [6, 6.07) is 19.9. The minimum absolute atomic E-state index is 0.102. The summed E-state index contributed by atoms with van der Waals surface area (Å²) < 4.78 is 11.0. The van der Waals surface area contributed by atoms with Crippen LogP contribution in [0.1, 0.15) is 21.8 Å². The van der Waals surface area contributed by atoms with Gasteiger partial charge in [0.05, 0.1) is 24.4 Å². The first-order chi connectivity index (χ1) is 21.3. The van der Waals surface area contributed by atoms with Crippen LogP contribution in [0.5, 0.6) is 0 Å². The van der Waals surface area contributed by atoms with E-state index in [0.29, 0.717) is 36.0 Å². The van der Waals surface area contributed by atoms with Gasteiger partial charge in [-0.15, -0.1) is 0 Å². The molecule has 0 spiro atoms. The average molecular weight is 592 g/mol. The Labute approximate surface area is 254 Å². The van der Waals surface area contributed by atoms with Crippen molar-refractivity contribution in [3.63, 3.8) is 0 Å². The number of ether oxygens (including phenoxy) is 1. The number of hydrogen-bond acceptors (Lipinski definition) is 8. The van der Waals surface area contributed by atoms with Gasteiger partial charge in [0.15, 0.2) is 5.82 Å². The molecular weight excluding hydrogens is 558 g/mol. The highest BCUT2D eigenvalue weighted by atomic mass is 16.5. The van der Waals surface area contributed by atoms with E-state index in [0.717, 1.165) is 58.0 Å². The molecule has 1 aliphatic heterocycles. The molecule has 2 aromatic heterocycles. The first-order valence-electron chi connectivity index (χ1n) is 14.3. The van der Waals surface area contributed by atoms with Crippen LogP contribution in [0.2, 0.25) is 0 Å². The zero-order chi connectivity index (χ0) is 30.8. The van der Waals surface area contributed by atoms with Gasteiger partial charge >= 0.3 is 6.03 Å². The van der Waals surface area contributed by atoms with Crippen molar-refractivity contribution in [3.05, 3.63) is 83.7 Å². The molecule has 224 valence electrons. The summed E-state index contributed by atoms with van der Waals surface area (Å²) in [6.07, 6.45) is 0. The summed E-state index contributed by atoms with van der Waals surface area (Å²) in [7, 11) is 3.39. The Kier molecular flexibility index (Phi) is 7.95. The number of amides is 3. The molecule has 3 heterocycles. The van der Waals surface area contributed by atoms with E-state index in [1.54, 1.807) is 38.4 Å². The van der Waals surface area contributed by atoms with Gasteiger partial charge in [-0.3, -0.25) is 4.79 Å². The van der Waals surface area contributed by atoms with Gasteiger partial charge in [0.1, 0.15) is 11.6 Å². The fourth-order valence-corrected chi connectivity index (χ4v) is 5.26. The average Bonchev–Trinajstić information content (AvgIpc) is 3.38. The molecule has 0 bridgehead atoms. The highest BCUT2D eigenvalue weighted by Crippen LogP contribution is 2.34. The molecular formula is C33H33N7O4. The molecule has 44 heavy (non-hydrogen) atoms. The lowest BCUT2D eigenvalue weighted by Crippen LogP contribution is -2.37. The molecule has 0 unspecified atom stereocenters. The van der Waals surface area contributed by atoms with E-state index in [4.69, 9.17) is 19.2 Å². The maximum atomic E-state index is 12.7. The van der Waals surface area contributed by atoms with Crippen LogP contribution in [0.3, 0.4) is 0 Å². The third-order valence-corrected chi connectivity index (χ3v) is 7.51. The number of urea groups is 1. The predicted octanol–water partition coefficient (Wildman–Crippen LogP) is 5.75. The minimum atomic E-state index is -0.396. The number of rotatable bonds is 6. The molecule has 1 fully saturated rings. The Morgan fingerprint density at radius 3 is 2.09 bits per heavy atom. The number of fused-ring (bicyclic) bond motifs is 1. The number of nitrogens with one attached hydrogen (secondary N) is 2. The maximum Gasteiger partial charge on any atom is 0.323 e. The van der Waals surface area contributed by atoms with E-state index >= 15 is 0 Å². The van der Waals surface area contributed by atoms with E-state index in [1.165, 1.54) is 4.90 Å². The molecule has 0 radical (unpaired) electrons. The molecule has 6 rings (SSSR count). The van der Waals surface area contributed by atoms with Crippen LogP contribution in [0.4, 0.5) is 22.0 Å². The number of aromatic nitrogens is 3. The number of nitrogens with zero attached hydrogens (tertiary/aromatic N) is 5. The largest absolute Gasteiger partial charge is 0.378 e. The van der Waals surface area contributed by atoms with Crippen LogP contribution in [0.15, 0.2) is 71.3 Å². The van der Waals surface area contributed by atoms with Gasteiger partial charge in [0.2, 0.25) is 0 Å². The van der Waals surface area contributed by atoms with E-state index in [2.05, 4.69) is 38.9 Å². The summed E-state index contributed by atoms with van der Waals surface area (Å²) in [5.74, 6) is 2.10. The third-order valence-electron chi connectivity index (χ3n) is 7.51. The van der Waals surface area contributed by atoms with Crippen molar-refractivity contribution < 1.29 is 18.8 Å². The van der Waals surface area contributed by atoms with Gasteiger partial charge in [-0.2, -0.15) is 0 Å². The molecule has 1 saturated heterocycles. The second-order valence-corrected chi connectivity index (χ2v) is 10.8. The van der Waals surface area contributed by atoms with Crippen molar-refractivity contribution in [3.8, 4) is 22.5 Å². The minimum Gasteiger partial charge on any atom is -0.378 e. The first kappa shape index (κ1) is 28.8. The zero-order valence-corrected chi connectivity index (χ0v) is 25.0. The fourth-order valence-electron chi connectivity index (χ4n) is 5.26. The Hall–Kier alpha value is -5.29. The monoisotopic (exact) mass is 591 g/mol. The number of morpholine rings is 1. The standard InChI is InChI=1S/C33H33N7O4/c1-20-29(21(2)44-38-20)24-9-14-27-28(19-24)36-30(37-31(27)40-15-17-43-18-16-40)22-5-10-25(11-6-22)34-33(42)35-26-12-7-23(8-13-26)32(41)39(3)4/h5-14,19H,15-18H2,1-4H3,(H2,34,35,42). The van der Waals surface area contributed by atoms with E-state index in [1.807, 2.05) is 38.1 Å². The number of anilines is 3. The maximum absolute atomic E-state index is 12.7. The van der Waals surface area contributed by atoms with E-state index in [-0.39, 0.29) is 5.91 Å². The summed E-state index contributed by atoms with van der Waals surface area (Å²) in [5.41, 5.74) is 6.14. The summed E-state index contributed by atoms with van der Waals surface area (Å²) in [6.45, 7) is 6.59. The Balaban J connectivity index is 1.25. The second-order valence-electron chi connectivity index (χ2n) is 10.8. The predicted molar refractivity (Wildman–Crippen MR) is 170 cm³/mol. The summed E-state index contributed by atoms with van der Waals surface area (Å²) >= 11 is 0. The quantitative estimate of drug-likeness (QED) is 0.256. The van der Waals surface area contributed by atoms with Crippen LogP contribution in [-0.4, -0.2) is 72.4 Å². The highest BCUT2D eigenvalue weighted by molar-refractivity contribution is 6.01. The van der Waals surface area contributed by atoms with E-state index < -0.39 is 6.03 Å². The number of carbonyl (C=O) groups excluding carboxylic acids is 2. The van der Waals surface area contributed by atoms with Crippen molar-refractivity contribution in [1.82, 2.24) is 20.0 Å². The molecule has 0 saturated carbocycles. The molecule has 3 aromatic carbocycles. The van der Waals surface area contributed by atoms with Gasteiger partial charge in [-0.05, 0) is 80.1 Å². The van der Waals surface area contributed by atoms with Crippen molar-refractivity contribution >= 4 is 40.0 Å². The topological polar surface area (TPSA) is 126 Å². The number of carbonyl (C=O) groups is 2. The van der Waals surface area contributed by atoms with Gasteiger partial charge < -0.3 is 29.7 Å². The van der Waals surface area contributed by atoms with Crippen molar-refractivity contribution in [2.75, 3.05) is 55.9 Å². The van der Waals surface area contributed by atoms with Gasteiger partial charge in [0.25, 0.3) is 5.91 Å². The molecule has 11 heteroatoms. The highest BCUT2D eigenvalue weighted by Gasteiger charge is 2.20. The molecule has 0 atom stereocenters. The smallest absolute Gasteiger partial charge is 0.323 e. The SMILES string of the molecule is Cc1noc(C)c1-c1ccc2c(N3CCOCC3)nc(-c3ccc(NC(=O)Nc4ccc(C(=O)N(C)C)cc4)cc3)nc2c1. The fraction of sp³-hybridized carbons (Fsp3) is 0.242. The molecule has 5 aromatic rings. The van der Waals surface area contributed by atoms with Crippen molar-refractivity contribution in [1.29, 1.82) is 0 Å². The van der Waals surface area contributed by atoms with Crippen LogP contribution in [0, 0.1) is 13.8 Å². The first-order valence-corrected chi connectivity index (χ1v) is 14.3. The van der Waals surface area contributed by atoms with Crippen molar-refractivity contribution in [2.24, 2.45) is 0 Å². The molecule has 2 N–H and O–H groups in total. The number of benzene rings is 3. The van der Waals surface area contributed by atoms with Gasteiger partial charge in [-0.1, -0.05) is 11.2 Å². The van der Waals surface area contributed by atoms with Crippen LogP contribution >= 0.6 is 0 Å².